The van der Waals surface area contributed by atoms with Crippen molar-refractivity contribution >= 4 is 5.82 Å². The molecule has 18 heavy (non-hydrogen) atoms. The van der Waals surface area contributed by atoms with Gasteiger partial charge < -0.3 is 9.64 Å². The quantitative estimate of drug-likeness (QED) is 0.762. The Bertz CT molecular complexity index is 421. The number of hydrogen-bond donors (Lipinski definition) is 0. The molecule has 1 aliphatic rings. The maximum Gasteiger partial charge on any atom is 0.171 e. The van der Waals surface area contributed by atoms with Crippen LogP contribution in [0.4, 0.5) is 5.82 Å². The molecule has 0 unspecified atom stereocenters. The van der Waals surface area contributed by atoms with E-state index in [-0.39, 0.29) is 5.41 Å². The molecular formula is C15H24N2O. The summed E-state index contributed by atoms with van der Waals surface area (Å²) in [6, 6.07) is 4.61. The Morgan fingerprint density at radius 2 is 2.00 bits per heavy atom. The lowest BCUT2D eigenvalue weighted by molar-refractivity contribution is 0.321. The Kier molecular flexibility index (Phi) is 3.51. The first-order valence-electron chi connectivity index (χ1n) is 6.80. The predicted octanol–water partition coefficient (Wildman–Crippen LogP) is 3.38. The van der Waals surface area contributed by atoms with E-state index in [1.807, 2.05) is 0 Å². The third kappa shape index (κ3) is 2.60. The fourth-order valence-corrected chi connectivity index (χ4v) is 2.20. The number of hydrogen-bond acceptors (Lipinski definition) is 3. The molecule has 0 aliphatic carbocycles. The van der Waals surface area contributed by atoms with Gasteiger partial charge >= 0.3 is 0 Å². The van der Waals surface area contributed by atoms with Gasteiger partial charge in [-0.3, -0.25) is 0 Å². The normalized spacial score (nSPS) is 16.2. The molecule has 100 valence electrons. The standard InChI is InChI=1S/C15H24N2O/c1-11(2)17-9-6-10-18-12-7-8-13(15(3,4)5)16-14(12)17/h7-8,11H,6,9-10H2,1-5H3. The Morgan fingerprint density at radius 1 is 1.28 bits per heavy atom. The van der Waals surface area contributed by atoms with Crippen molar-refractivity contribution in [1.82, 2.24) is 4.98 Å². The first-order chi connectivity index (χ1) is 8.39. The van der Waals surface area contributed by atoms with Crippen molar-refractivity contribution < 1.29 is 4.74 Å². The summed E-state index contributed by atoms with van der Waals surface area (Å²) >= 11 is 0. The maximum absolute atomic E-state index is 5.79. The summed E-state index contributed by atoms with van der Waals surface area (Å²) in [5.41, 5.74) is 1.20. The summed E-state index contributed by atoms with van der Waals surface area (Å²) < 4.78 is 5.79. The van der Waals surface area contributed by atoms with Crippen LogP contribution in [0, 0.1) is 0 Å². The van der Waals surface area contributed by atoms with Gasteiger partial charge in [0.25, 0.3) is 0 Å². The minimum absolute atomic E-state index is 0.0734. The highest BCUT2D eigenvalue weighted by atomic mass is 16.5. The summed E-state index contributed by atoms with van der Waals surface area (Å²) in [4.78, 5) is 7.19. The highest BCUT2D eigenvalue weighted by Crippen LogP contribution is 2.33. The maximum atomic E-state index is 5.79. The van der Waals surface area contributed by atoms with Gasteiger partial charge in [0.05, 0.1) is 6.61 Å². The molecule has 0 amide bonds. The molecule has 0 atom stereocenters. The molecule has 2 heterocycles. The van der Waals surface area contributed by atoms with Gasteiger partial charge in [-0.15, -0.1) is 0 Å². The number of fused-ring (bicyclic) bond motifs is 1. The van der Waals surface area contributed by atoms with Crippen LogP contribution in [-0.4, -0.2) is 24.2 Å². The SMILES string of the molecule is CC(C)N1CCCOc2ccc(C(C)(C)C)nc21. The van der Waals surface area contributed by atoms with Crippen LogP contribution in [0.15, 0.2) is 12.1 Å². The van der Waals surface area contributed by atoms with Gasteiger partial charge in [0, 0.05) is 23.7 Å². The third-order valence-corrected chi connectivity index (χ3v) is 3.30. The summed E-state index contributed by atoms with van der Waals surface area (Å²) in [6.45, 7) is 12.8. The summed E-state index contributed by atoms with van der Waals surface area (Å²) in [5, 5.41) is 0. The Morgan fingerprint density at radius 3 is 2.61 bits per heavy atom. The molecule has 0 N–H and O–H groups in total. The van der Waals surface area contributed by atoms with Gasteiger partial charge in [0.15, 0.2) is 11.6 Å². The Hall–Kier alpha value is -1.25. The Balaban J connectivity index is 2.46. The second-order valence-corrected chi connectivity index (χ2v) is 6.26. The lowest BCUT2D eigenvalue weighted by Gasteiger charge is -2.28. The average Bonchev–Trinajstić information content (AvgIpc) is 2.48. The van der Waals surface area contributed by atoms with Crippen LogP contribution in [0.2, 0.25) is 0 Å². The van der Waals surface area contributed by atoms with E-state index in [0.717, 1.165) is 36.8 Å². The molecule has 1 aromatic heterocycles. The number of aromatic nitrogens is 1. The van der Waals surface area contributed by atoms with E-state index in [0.29, 0.717) is 6.04 Å². The van der Waals surface area contributed by atoms with Crippen molar-refractivity contribution in [2.45, 2.75) is 52.5 Å². The van der Waals surface area contributed by atoms with Gasteiger partial charge in [-0.25, -0.2) is 4.98 Å². The predicted molar refractivity (Wildman–Crippen MR) is 75.5 cm³/mol. The van der Waals surface area contributed by atoms with Crippen LogP contribution >= 0.6 is 0 Å². The minimum Gasteiger partial charge on any atom is -0.490 e. The number of anilines is 1. The summed E-state index contributed by atoms with van der Waals surface area (Å²) in [7, 11) is 0. The number of nitrogens with zero attached hydrogens (tertiary/aromatic N) is 2. The lowest BCUT2D eigenvalue weighted by Crippen LogP contribution is -2.32. The topological polar surface area (TPSA) is 25.4 Å². The van der Waals surface area contributed by atoms with Crippen molar-refractivity contribution in [2.24, 2.45) is 0 Å². The van der Waals surface area contributed by atoms with Gasteiger partial charge in [-0.2, -0.15) is 0 Å². The molecule has 0 radical (unpaired) electrons. The largest absolute Gasteiger partial charge is 0.490 e. The zero-order valence-electron chi connectivity index (χ0n) is 12.2. The van der Waals surface area contributed by atoms with Crippen LogP contribution in [-0.2, 0) is 5.41 Å². The number of ether oxygens (including phenoxy) is 1. The van der Waals surface area contributed by atoms with Crippen molar-refractivity contribution in [2.75, 3.05) is 18.1 Å². The number of pyridine rings is 1. The molecular weight excluding hydrogens is 224 g/mol. The van der Waals surface area contributed by atoms with Gasteiger partial charge in [0.2, 0.25) is 0 Å². The van der Waals surface area contributed by atoms with E-state index in [9.17, 15) is 0 Å². The zero-order chi connectivity index (χ0) is 13.3. The average molecular weight is 248 g/mol. The molecule has 0 saturated heterocycles. The van der Waals surface area contributed by atoms with Gasteiger partial charge in [-0.05, 0) is 32.4 Å². The van der Waals surface area contributed by atoms with Crippen LogP contribution in [0.3, 0.4) is 0 Å². The molecule has 0 bridgehead atoms. The molecule has 3 nitrogen and oxygen atoms in total. The second-order valence-electron chi connectivity index (χ2n) is 6.26. The second kappa shape index (κ2) is 4.79. The van der Waals surface area contributed by atoms with Gasteiger partial charge in [-0.1, -0.05) is 20.8 Å². The smallest absolute Gasteiger partial charge is 0.171 e. The summed E-state index contributed by atoms with van der Waals surface area (Å²) in [5.74, 6) is 1.93. The molecule has 3 heteroatoms. The monoisotopic (exact) mass is 248 g/mol. The number of rotatable bonds is 1. The van der Waals surface area contributed by atoms with E-state index in [1.54, 1.807) is 0 Å². The van der Waals surface area contributed by atoms with Gasteiger partial charge in [0.1, 0.15) is 0 Å². The van der Waals surface area contributed by atoms with E-state index in [1.165, 1.54) is 0 Å². The molecule has 2 rings (SSSR count). The van der Waals surface area contributed by atoms with Crippen LogP contribution in [0.25, 0.3) is 0 Å². The van der Waals surface area contributed by atoms with Crippen LogP contribution < -0.4 is 9.64 Å². The minimum atomic E-state index is 0.0734. The zero-order valence-corrected chi connectivity index (χ0v) is 12.2. The lowest BCUT2D eigenvalue weighted by atomic mass is 9.91. The fraction of sp³-hybridized carbons (Fsp3) is 0.667. The molecule has 0 fully saturated rings. The van der Waals surface area contributed by atoms with Crippen molar-refractivity contribution in [3.05, 3.63) is 17.8 Å². The highest BCUT2D eigenvalue weighted by molar-refractivity contribution is 5.54. The molecule has 0 aromatic carbocycles. The van der Waals surface area contributed by atoms with E-state index in [4.69, 9.17) is 9.72 Å². The van der Waals surface area contributed by atoms with E-state index in [2.05, 4.69) is 51.7 Å². The van der Waals surface area contributed by atoms with Crippen LogP contribution in [0.5, 0.6) is 5.75 Å². The third-order valence-electron chi connectivity index (χ3n) is 3.30. The van der Waals surface area contributed by atoms with Crippen molar-refractivity contribution in [3.63, 3.8) is 0 Å². The molecule has 1 aromatic rings. The summed E-state index contributed by atoms with van der Waals surface area (Å²) in [6.07, 6.45) is 1.05. The van der Waals surface area contributed by atoms with Crippen molar-refractivity contribution in [1.29, 1.82) is 0 Å². The Labute approximate surface area is 110 Å². The first-order valence-corrected chi connectivity index (χ1v) is 6.80. The molecule has 1 aliphatic heterocycles. The highest BCUT2D eigenvalue weighted by Gasteiger charge is 2.23. The fourth-order valence-electron chi connectivity index (χ4n) is 2.20. The van der Waals surface area contributed by atoms with E-state index >= 15 is 0 Å². The van der Waals surface area contributed by atoms with Crippen LogP contribution in [0.1, 0.15) is 46.7 Å². The molecule has 0 saturated carbocycles. The first kappa shape index (κ1) is 13.2. The molecule has 0 spiro atoms. The van der Waals surface area contributed by atoms with Crippen molar-refractivity contribution in [3.8, 4) is 5.75 Å². The van der Waals surface area contributed by atoms with E-state index < -0.39 is 0 Å².